The highest BCUT2D eigenvalue weighted by Crippen LogP contribution is 2.31. The van der Waals surface area contributed by atoms with E-state index in [1.807, 2.05) is 6.92 Å². The normalized spacial score (nSPS) is 19.1. The molecule has 9 nitrogen and oxygen atoms in total. The molecule has 2 atom stereocenters. The van der Waals surface area contributed by atoms with Crippen LogP contribution < -0.4 is 5.73 Å². The predicted octanol–water partition coefficient (Wildman–Crippen LogP) is 2.64. The molecule has 0 unspecified atom stereocenters. The quantitative estimate of drug-likeness (QED) is 0.512. The van der Waals surface area contributed by atoms with Crippen molar-refractivity contribution in [1.29, 1.82) is 0 Å². The van der Waals surface area contributed by atoms with Gasteiger partial charge in [-0.1, -0.05) is 0 Å². The average molecular weight is 438 g/mol. The standard InChI is InChI=1S/C21H20F2N8O/c1-10-7-25-8-16(26-10)20(32)30-9-12(4-3-11(30)2)18-28-19-14-5-13(22)6-15(23)17(14)27-21(24)31(19)29-18/h5-8,11-12H,3-4,9H2,1-2H3,(H2,24,27)/t11-,12+/m0/s1. The number of hydrogen-bond donors (Lipinski definition) is 1. The third-order valence-electron chi connectivity index (χ3n) is 5.82. The Morgan fingerprint density at radius 2 is 1.97 bits per heavy atom. The number of amides is 1. The lowest BCUT2D eigenvalue weighted by molar-refractivity contribution is 0.0599. The second kappa shape index (κ2) is 7.43. The molecule has 164 valence electrons. The molecule has 1 aromatic carbocycles. The molecule has 4 heterocycles. The molecule has 11 heteroatoms. The van der Waals surface area contributed by atoms with Crippen LogP contribution >= 0.6 is 0 Å². The summed E-state index contributed by atoms with van der Waals surface area (Å²) < 4.78 is 29.4. The Bertz CT molecular complexity index is 1370. The molecular formula is C21H20F2N8O. The van der Waals surface area contributed by atoms with Crippen LogP contribution in [0, 0.1) is 18.6 Å². The number of aryl methyl sites for hydroxylation is 1. The second-order valence-electron chi connectivity index (χ2n) is 8.09. The van der Waals surface area contributed by atoms with Gasteiger partial charge in [-0.2, -0.15) is 4.52 Å². The zero-order valence-electron chi connectivity index (χ0n) is 17.5. The van der Waals surface area contributed by atoms with Crippen molar-refractivity contribution in [1.82, 2.24) is 34.4 Å². The van der Waals surface area contributed by atoms with Crippen molar-refractivity contribution in [2.45, 2.75) is 38.6 Å². The van der Waals surface area contributed by atoms with Crippen LogP contribution in [-0.2, 0) is 0 Å². The number of nitrogen functional groups attached to an aromatic ring is 1. The average Bonchev–Trinajstić information content (AvgIpc) is 3.21. The Labute approximate surface area is 181 Å². The molecule has 0 bridgehead atoms. The van der Waals surface area contributed by atoms with Gasteiger partial charge >= 0.3 is 0 Å². The van der Waals surface area contributed by atoms with Gasteiger partial charge in [0.25, 0.3) is 5.91 Å². The maximum Gasteiger partial charge on any atom is 0.274 e. The lowest BCUT2D eigenvalue weighted by Crippen LogP contribution is -2.45. The SMILES string of the molecule is Cc1cncc(C(=O)N2C[C@H](c3nc4c5cc(F)cc(F)c5nc(N)n4n3)CC[C@@H]2C)n1. The maximum atomic E-state index is 14.2. The molecule has 1 aliphatic rings. The monoisotopic (exact) mass is 438 g/mol. The van der Waals surface area contributed by atoms with Gasteiger partial charge in [-0.3, -0.25) is 9.78 Å². The van der Waals surface area contributed by atoms with Crippen molar-refractivity contribution >= 4 is 28.4 Å². The zero-order valence-corrected chi connectivity index (χ0v) is 17.5. The fourth-order valence-corrected chi connectivity index (χ4v) is 4.16. The van der Waals surface area contributed by atoms with Crippen molar-refractivity contribution in [3.05, 3.63) is 53.4 Å². The summed E-state index contributed by atoms with van der Waals surface area (Å²) in [5.74, 6) is -1.56. The number of hydrogen-bond acceptors (Lipinski definition) is 7. The summed E-state index contributed by atoms with van der Waals surface area (Å²) in [6.07, 6.45) is 4.53. The molecule has 1 saturated heterocycles. The Morgan fingerprint density at radius 1 is 1.16 bits per heavy atom. The first kappa shape index (κ1) is 20.2. The number of carbonyl (C=O) groups is 1. The summed E-state index contributed by atoms with van der Waals surface area (Å²) in [7, 11) is 0. The van der Waals surface area contributed by atoms with E-state index in [1.165, 1.54) is 10.7 Å². The van der Waals surface area contributed by atoms with E-state index in [9.17, 15) is 13.6 Å². The predicted molar refractivity (Wildman–Crippen MR) is 112 cm³/mol. The van der Waals surface area contributed by atoms with E-state index >= 15 is 0 Å². The van der Waals surface area contributed by atoms with Gasteiger partial charge in [-0.15, -0.1) is 5.10 Å². The van der Waals surface area contributed by atoms with Crippen molar-refractivity contribution in [2.24, 2.45) is 0 Å². The molecule has 0 aliphatic carbocycles. The first-order chi connectivity index (χ1) is 15.3. The van der Waals surface area contributed by atoms with E-state index < -0.39 is 11.6 Å². The number of halogens is 2. The largest absolute Gasteiger partial charge is 0.368 e. The molecule has 2 N–H and O–H groups in total. The first-order valence-corrected chi connectivity index (χ1v) is 10.2. The van der Waals surface area contributed by atoms with E-state index in [0.717, 1.165) is 25.0 Å². The third-order valence-corrected chi connectivity index (χ3v) is 5.82. The molecule has 5 rings (SSSR count). The van der Waals surface area contributed by atoms with Gasteiger partial charge in [0, 0.05) is 30.8 Å². The van der Waals surface area contributed by atoms with Gasteiger partial charge in [0.1, 0.15) is 17.0 Å². The van der Waals surface area contributed by atoms with Crippen LogP contribution in [0.1, 0.15) is 47.7 Å². The molecule has 1 fully saturated rings. The van der Waals surface area contributed by atoms with Crippen molar-refractivity contribution in [3.8, 4) is 0 Å². The van der Waals surface area contributed by atoms with Gasteiger partial charge in [0.2, 0.25) is 5.95 Å². The van der Waals surface area contributed by atoms with Crippen LogP contribution in [0.5, 0.6) is 0 Å². The number of piperidine rings is 1. The Kier molecular flexibility index (Phi) is 4.68. The summed E-state index contributed by atoms with van der Waals surface area (Å²) in [5.41, 5.74) is 7.07. The minimum Gasteiger partial charge on any atom is -0.368 e. The number of aromatic nitrogens is 6. The van der Waals surface area contributed by atoms with Gasteiger partial charge in [0.15, 0.2) is 17.3 Å². The Morgan fingerprint density at radius 3 is 2.75 bits per heavy atom. The Balaban J connectivity index is 1.53. The van der Waals surface area contributed by atoms with Crippen LogP contribution in [0.25, 0.3) is 16.6 Å². The van der Waals surface area contributed by atoms with E-state index in [-0.39, 0.29) is 46.1 Å². The number of carbonyl (C=O) groups excluding carboxylic acids is 1. The Hall–Kier alpha value is -3.76. The van der Waals surface area contributed by atoms with Crippen LogP contribution in [0.2, 0.25) is 0 Å². The first-order valence-electron chi connectivity index (χ1n) is 10.2. The topological polar surface area (TPSA) is 115 Å². The number of rotatable bonds is 2. The fraction of sp³-hybridized carbons (Fsp3) is 0.333. The van der Waals surface area contributed by atoms with Crippen molar-refractivity contribution in [3.63, 3.8) is 0 Å². The van der Waals surface area contributed by atoms with Gasteiger partial charge < -0.3 is 10.6 Å². The van der Waals surface area contributed by atoms with E-state index in [4.69, 9.17) is 5.73 Å². The molecule has 1 amide bonds. The molecule has 32 heavy (non-hydrogen) atoms. The third kappa shape index (κ3) is 3.29. The number of likely N-dealkylation sites (tertiary alicyclic amines) is 1. The van der Waals surface area contributed by atoms with Gasteiger partial charge in [-0.05, 0) is 32.8 Å². The van der Waals surface area contributed by atoms with Crippen molar-refractivity contribution < 1.29 is 13.6 Å². The van der Waals surface area contributed by atoms with Crippen LogP contribution in [-0.4, -0.2) is 52.9 Å². The molecular weight excluding hydrogens is 418 g/mol. The van der Waals surface area contributed by atoms with E-state index in [2.05, 4.69) is 25.0 Å². The number of nitrogens with two attached hydrogens (primary N) is 1. The van der Waals surface area contributed by atoms with Crippen molar-refractivity contribution in [2.75, 3.05) is 12.3 Å². The number of fused-ring (bicyclic) bond motifs is 3. The summed E-state index contributed by atoms with van der Waals surface area (Å²) in [6, 6.07) is 1.92. The lowest BCUT2D eigenvalue weighted by Gasteiger charge is -2.36. The van der Waals surface area contributed by atoms with Gasteiger partial charge in [-0.25, -0.2) is 23.7 Å². The number of anilines is 1. The van der Waals surface area contributed by atoms with Crippen LogP contribution in [0.3, 0.4) is 0 Å². The van der Waals surface area contributed by atoms with E-state index in [0.29, 0.717) is 18.1 Å². The van der Waals surface area contributed by atoms with Crippen LogP contribution in [0.4, 0.5) is 14.7 Å². The summed E-state index contributed by atoms with van der Waals surface area (Å²) in [4.78, 5) is 31.7. The minimum atomic E-state index is -0.818. The zero-order chi connectivity index (χ0) is 22.6. The fourth-order valence-electron chi connectivity index (χ4n) is 4.16. The molecule has 0 radical (unpaired) electrons. The van der Waals surface area contributed by atoms with Crippen LogP contribution in [0.15, 0.2) is 24.5 Å². The van der Waals surface area contributed by atoms with Gasteiger partial charge in [0.05, 0.1) is 17.3 Å². The minimum absolute atomic E-state index is 0.00820. The van der Waals surface area contributed by atoms with E-state index in [1.54, 1.807) is 18.0 Å². The smallest absolute Gasteiger partial charge is 0.274 e. The maximum absolute atomic E-state index is 14.2. The summed E-state index contributed by atoms with van der Waals surface area (Å²) in [6.45, 7) is 4.14. The highest BCUT2D eigenvalue weighted by atomic mass is 19.1. The number of nitrogens with zero attached hydrogens (tertiary/aromatic N) is 7. The lowest BCUT2D eigenvalue weighted by atomic mass is 9.92. The second-order valence-corrected chi connectivity index (χ2v) is 8.09. The highest BCUT2D eigenvalue weighted by Gasteiger charge is 2.33. The number of benzene rings is 1. The summed E-state index contributed by atoms with van der Waals surface area (Å²) in [5, 5.41) is 4.64. The molecule has 0 saturated carbocycles. The summed E-state index contributed by atoms with van der Waals surface area (Å²) >= 11 is 0. The molecule has 3 aromatic heterocycles. The molecule has 0 spiro atoms. The molecule has 1 aliphatic heterocycles. The highest BCUT2D eigenvalue weighted by molar-refractivity contribution is 5.93. The molecule has 4 aromatic rings.